The molecule has 1 spiro atoms. The molecular weight excluding hydrogens is 644 g/mol. The van der Waals surface area contributed by atoms with Crippen LogP contribution in [0.3, 0.4) is 0 Å². The van der Waals surface area contributed by atoms with Crippen LogP contribution in [0.5, 0.6) is 5.75 Å². The molecule has 262 valence electrons. The molecule has 8 nitrogen and oxygen atoms in total. The van der Waals surface area contributed by atoms with Crippen molar-refractivity contribution in [1.29, 1.82) is 0 Å². The van der Waals surface area contributed by atoms with E-state index >= 15 is 0 Å². The molecule has 2 bridgehead atoms. The molecule has 10 heteroatoms. The van der Waals surface area contributed by atoms with Gasteiger partial charge >= 0.3 is 0 Å². The molecule has 0 radical (unpaired) electrons. The van der Waals surface area contributed by atoms with E-state index in [0.29, 0.717) is 36.0 Å². The third-order valence-electron chi connectivity index (χ3n) is 12.8. The van der Waals surface area contributed by atoms with Gasteiger partial charge in [0.2, 0.25) is 10.0 Å². The number of hydrogen-bond donors (Lipinski definition) is 1. The summed E-state index contributed by atoms with van der Waals surface area (Å²) in [5.74, 6) is 1.90. The summed E-state index contributed by atoms with van der Waals surface area (Å²) in [6.45, 7) is 9.36. The molecule has 1 saturated carbocycles. The third-order valence-corrected chi connectivity index (χ3v) is 14.9. The lowest BCUT2D eigenvalue weighted by molar-refractivity contribution is 0.0121. The Morgan fingerprint density at radius 1 is 1.02 bits per heavy atom. The van der Waals surface area contributed by atoms with Crippen molar-refractivity contribution >= 4 is 33.2 Å². The minimum Gasteiger partial charge on any atom is -0.490 e. The fourth-order valence-corrected chi connectivity index (χ4v) is 10.8. The van der Waals surface area contributed by atoms with E-state index < -0.39 is 21.2 Å². The molecule has 0 aromatic heterocycles. The summed E-state index contributed by atoms with van der Waals surface area (Å²) in [4.78, 5) is 21.0. The number of fused-ring (bicyclic) bond motifs is 4. The number of halogens is 1. The van der Waals surface area contributed by atoms with Crippen LogP contribution in [0.2, 0.25) is 5.02 Å². The number of ether oxygens (including phenoxy) is 1. The highest BCUT2D eigenvalue weighted by Crippen LogP contribution is 2.48. The fraction of sp³-hybridized carbons (Fsp3) is 0.658. The first-order valence-corrected chi connectivity index (χ1v) is 20.1. The number of anilines is 1. The van der Waals surface area contributed by atoms with E-state index in [1.54, 1.807) is 13.0 Å². The Morgan fingerprint density at radius 2 is 1.83 bits per heavy atom. The van der Waals surface area contributed by atoms with E-state index in [1.807, 2.05) is 25.1 Å². The summed E-state index contributed by atoms with van der Waals surface area (Å²) in [6, 6.07) is 12.4. The van der Waals surface area contributed by atoms with Crippen LogP contribution in [0.1, 0.15) is 80.3 Å². The highest BCUT2D eigenvalue weighted by atomic mass is 35.5. The molecule has 1 N–H and O–H groups in total. The fourth-order valence-electron chi connectivity index (χ4n) is 9.29. The van der Waals surface area contributed by atoms with Crippen LogP contribution in [0, 0.1) is 23.7 Å². The van der Waals surface area contributed by atoms with Gasteiger partial charge in [0, 0.05) is 54.8 Å². The number of nitrogens with one attached hydrogen (secondary N) is 1. The number of aryl methyl sites for hydroxylation is 1. The number of amides is 1. The molecule has 0 unspecified atom stereocenters. The zero-order chi connectivity index (χ0) is 33.8. The highest BCUT2D eigenvalue weighted by Gasteiger charge is 2.45. The average molecular weight is 697 g/mol. The first-order chi connectivity index (χ1) is 22.9. The zero-order valence-electron chi connectivity index (χ0n) is 29.1. The van der Waals surface area contributed by atoms with Gasteiger partial charge < -0.3 is 14.5 Å². The van der Waals surface area contributed by atoms with Gasteiger partial charge in [0.1, 0.15) is 5.75 Å². The van der Waals surface area contributed by atoms with Crippen molar-refractivity contribution in [3.8, 4) is 5.75 Å². The molecule has 1 saturated heterocycles. The van der Waals surface area contributed by atoms with Gasteiger partial charge in [0.05, 0.1) is 17.5 Å². The zero-order valence-corrected chi connectivity index (χ0v) is 30.7. The van der Waals surface area contributed by atoms with Gasteiger partial charge in [-0.1, -0.05) is 31.0 Å². The first-order valence-electron chi connectivity index (χ1n) is 18.2. The lowest BCUT2D eigenvalue weighted by Crippen LogP contribution is -2.59. The number of hydrogen-bond acceptors (Lipinski definition) is 7. The predicted octanol–water partition coefficient (Wildman–Crippen LogP) is 5.97. The van der Waals surface area contributed by atoms with Crippen LogP contribution >= 0.6 is 11.6 Å². The second-order valence-corrected chi connectivity index (χ2v) is 18.4. The van der Waals surface area contributed by atoms with Crippen LogP contribution in [-0.2, 0) is 21.9 Å². The smallest absolute Gasteiger partial charge is 0.264 e. The molecule has 48 heavy (non-hydrogen) atoms. The SMILES string of the molecule is C[C@@H]1[C@@H](C)CCC[C@H](CN2CC(N(C)C)C2)[C@@H]2CC[C@H]2CN2C[C@@]3(CCCc4cc(Cl)ccc43)COc3ccc(cc32)C(=O)NS1(=O)=O. The maximum Gasteiger partial charge on any atom is 0.264 e. The molecule has 6 atom stereocenters. The van der Waals surface area contributed by atoms with Crippen LogP contribution < -0.4 is 14.4 Å². The molecule has 1 amide bonds. The van der Waals surface area contributed by atoms with Crippen LogP contribution in [-0.4, -0.2) is 88.8 Å². The van der Waals surface area contributed by atoms with Crippen LogP contribution in [0.15, 0.2) is 36.4 Å². The van der Waals surface area contributed by atoms with E-state index in [-0.39, 0.29) is 11.3 Å². The normalized spacial score (nSPS) is 32.7. The molecule has 2 fully saturated rings. The minimum atomic E-state index is -3.85. The van der Waals surface area contributed by atoms with Gasteiger partial charge in [-0.25, -0.2) is 13.1 Å². The van der Waals surface area contributed by atoms with E-state index in [2.05, 4.69) is 45.6 Å². The van der Waals surface area contributed by atoms with Crippen LogP contribution in [0.4, 0.5) is 5.69 Å². The Balaban J connectivity index is 1.25. The van der Waals surface area contributed by atoms with Gasteiger partial charge in [-0.2, -0.15) is 0 Å². The summed E-state index contributed by atoms with van der Waals surface area (Å²) in [7, 11) is 0.497. The Bertz CT molecular complexity index is 1630. The van der Waals surface area contributed by atoms with E-state index in [4.69, 9.17) is 16.3 Å². The van der Waals surface area contributed by atoms with Crippen molar-refractivity contribution in [2.45, 2.75) is 81.9 Å². The molecule has 2 aromatic rings. The van der Waals surface area contributed by atoms with Gasteiger partial charge in [-0.3, -0.25) is 9.69 Å². The number of carbonyl (C=O) groups excluding carboxylic acids is 1. The number of sulfonamides is 1. The number of carbonyl (C=O) groups is 1. The summed E-state index contributed by atoms with van der Waals surface area (Å²) < 4.78 is 36.0. The quantitative estimate of drug-likeness (QED) is 0.424. The average Bonchev–Trinajstić information content (AvgIpc) is 3.16. The maximum absolute atomic E-state index is 13.5. The summed E-state index contributed by atoms with van der Waals surface area (Å²) in [5.41, 5.74) is 3.67. The first kappa shape index (κ1) is 34.1. The van der Waals surface area contributed by atoms with Gasteiger partial charge in [-0.15, -0.1) is 0 Å². The monoisotopic (exact) mass is 696 g/mol. The maximum atomic E-state index is 13.5. The molecular formula is C38H53ClN4O4S. The van der Waals surface area contributed by atoms with Gasteiger partial charge in [0.25, 0.3) is 5.91 Å². The number of likely N-dealkylation sites (tertiary alicyclic amines) is 1. The summed E-state index contributed by atoms with van der Waals surface area (Å²) >= 11 is 6.47. The molecule has 7 rings (SSSR count). The van der Waals surface area contributed by atoms with Crippen molar-refractivity contribution in [3.05, 3.63) is 58.1 Å². The molecule has 3 heterocycles. The van der Waals surface area contributed by atoms with Crippen LogP contribution in [0.25, 0.3) is 0 Å². The number of rotatable bonds is 3. The lowest BCUT2D eigenvalue weighted by atomic mass is 9.64. The van der Waals surface area contributed by atoms with Crippen molar-refractivity contribution in [2.75, 3.05) is 58.3 Å². The largest absolute Gasteiger partial charge is 0.490 e. The number of benzene rings is 2. The van der Waals surface area contributed by atoms with Crippen molar-refractivity contribution in [2.24, 2.45) is 23.7 Å². The Morgan fingerprint density at radius 3 is 2.58 bits per heavy atom. The molecule has 3 aliphatic heterocycles. The van der Waals surface area contributed by atoms with E-state index in [1.165, 1.54) is 24.0 Å². The van der Waals surface area contributed by atoms with Gasteiger partial charge in [-0.05, 0) is 131 Å². The second-order valence-electron chi connectivity index (χ2n) is 16.0. The molecule has 5 aliphatic rings. The van der Waals surface area contributed by atoms with E-state index in [0.717, 1.165) is 87.7 Å². The summed E-state index contributed by atoms with van der Waals surface area (Å²) in [6.07, 6.45) is 8.49. The van der Waals surface area contributed by atoms with Crippen molar-refractivity contribution in [1.82, 2.24) is 14.5 Å². The predicted molar refractivity (Wildman–Crippen MR) is 193 cm³/mol. The van der Waals surface area contributed by atoms with Crippen molar-refractivity contribution in [3.63, 3.8) is 0 Å². The van der Waals surface area contributed by atoms with E-state index in [9.17, 15) is 13.2 Å². The standard InChI is InChI=1S/C38H53ClN4O4S/c1-25-7-5-8-29(19-42-21-32(22-42)41(3)4)33-13-10-30(33)20-43-23-38(16-6-9-27-17-31(39)12-14-34(27)38)24-47-36-15-11-28(18-35(36)43)37(44)40-48(45,46)26(25)2/h11-12,14-15,17-18,25-26,29-30,32-33H,5-10,13,16,19-24H2,1-4H3,(H,40,44)/t25-,26+,29+,30-,33-,38-/m0/s1. The van der Waals surface area contributed by atoms with Gasteiger partial charge in [0.15, 0.2) is 0 Å². The molecule has 2 aliphatic carbocycles. The molecule has 2 aromatic carbocycles. The van der Waals surface area contributed by atoms with Crippen molar-refractivity contribution < 1.29 is 17.9 Å². The lowest BCUT2D eigenvalue weighted by Gasteiger charge is -2.50. The third kappa shape index (κ3) is 6.61. The number of likely N-dealkylation sites (N-methyl/N-ethyl adjacent to an activating group) is 1. The summed E-state index contributed by atoms with van der Waals surface area (Å²) in [5, 5.41) is 0.103. The minimum absolute atomic E-state index is 0.0523. The number of nitrogens with zero attached hydrogens (tertiary/aromatic N) is 3. The second kappa shape index (κ2) is 13.4. The Hall–Kier alpha value is -2.33. The Kier molecular flexibility index (Phi) is 9.54. The topological polar surface area (TPSA) is 82.2 Å². The Labute approximate surface area is 292 Å². The highest BCUT2D eigenvalue weighted by molar-refractivity contribution is 7.90.